The number of benzene rings is 1. The van der Waals surface area contributed by atoms with Gasteiger partial charge < -0.3 is 24.4 Å². The molecule has 5 heteroatoms. The highest BCUT2D eigenvalue weighted by Gasteiger charge is 2.44. The van der Waals surface area contributed by atoms with E-state index in [4.69, 9.17) is 14.2 Å². The van der Waals surface area contributed by atoms with Crippen molar-refractivity contribution in [2.45, 2.75) is 30.7 Å². The number of ether oxygens (including phenoxy) is 3. The third-order valence-corrected chi connectivity index (χ3v) is 3.34. The molecule has 5 nitrogen and oxygen atoms in total. The molecule has 1 aromatic rings. The molecule has 1 unspecified atom stereocenters. The van der Waals surface area contributed by atoms with Gasteiger partial charge in [-0.3, -0.25) is 0 Å². The second kappa shape index (κ2) is 4.95. The molecular formula is C13H16O5. The summed E-state index contributed by atoms with van der Waals surface area (Å²) in [4.78, 5) is 0. The molecule has 2 N–H and O–H groups in total. The number of hydrogen-bond donors (Lipinski definition) is 2. The van der Waals surface area contributed by atoms with Gasteiger partial charge in [0.15, 0.2) is 6.29 Å². The Kier molecular flexibility index (Phi) is 3.32. The molecule has 0 amide bonds. The summed E-state index contributed by atoms with van der Waals surface area (Å²) in [5.74, 6) is 0. The first-order chi connectivity index (χ1) is 8.75. The fraction of sp³-hybridized carbons (Fsp3) is 0.538. The lowest BCUT2D eigenvalue weighted by Crippen LogP contribution is -2.58. The molecule has 0 radical (unpaired) electrons. The highest BCUT2D eigenvalue weighted by Crippen LogP contribution is 2.31. The van der Waals surface area contributed by atoms with Gasteiger partial charge in [0.1, 0.15) is 24.4 Å². The maximum Gasteiger partial charge on any atom is 0.184 e. The Morgan fingerprint density at radius 3 is 2.56 bits per heavy atom. The van der Waals surface area contributed by atoms with Gasteiger partial charge in [0.05, 0.1) is 13.2 Å². The lowest BCUT2D eigenvalue weighted by atomic mass is 9.99. The summed E-state index contributed by atoms with van der Waals surface area (Å²) in [6.45, 7) is 0.471. The predicted molar refractivity (Wildman–Crippen MR) is 61.8 cm³/mol. The molecular weight excluding hydrogens is 236 g/mol. The predicted octanol–water partition coefficient (Wildman–Crippen LogP) is 0.221. The smallest absolute Gasteiger partial charge is 0.184 e. The first kappa shape index (κ1) is 12.1. The molecule has 2 heterocycles. The maximum atomic E-state index is 9.93. The monoisotopic (exact) mass is 252 g/mol. The topological polar surface area (TPSA) is 68.2 Å². The largest absolute Gasteiger partial charge is 0.388 e. The Morgan fingerprint density at radius 1 is 1.00 bits per heavy atom. The molecule has 0 saturated carbocycles. The Labute approximate surface area is 105 Å². The fourth-order valence-corrected chi connectivity index (χ4v) is 2.31. The number of rotatable bonds is 1. The van der Waals surface area contributed by atoms with Gasteiger partial charge in [-0.05, 0) is 0 Å². The summed E-state index contributed by atoms with van der Waals surface area (Å²) in [6, 6.07) is 9.51. The molecule has 98 valence electrons. The summed E-state index contributed by atoms with van der Waals surface area (Å²) >= 11 is 0. The van der Waals surface area contributed by atoms with Crippen LogP contribution in [0.1, 0.15) is 11.9 Å². The SMILES string of the molecule is O[C@H]1[C@@H]2OC(c3ccccc3)OC[C@H]2OC[C@@H]1O. The molecule has 18 heavy (non-hydrogen) atoms. The van der Waals surface area contributed by atoms with E-state index in [9.17, 15) is 10.2 Å². The summed E-state index contributed by atoms with van der Waals surface area (Å²) in [6.07, 6.45) is -3.22. The van der Waals surface area contributed by atoms with E-state index in [0.717, 1.165) is 5.56 Å². The van der Waals surface area contributed by atoms with E-state index in [0.29, 0.717) is 6.61 Å². The van der Waals surface area contributed by atoms with Crippen molar-refractivity contribution in [2.24, 2.45) is 0 Å². The lowest BCUT2D eigenvalue weighted by molar-refractivity contribution is -0.314. The van der Waals surface area contributed by atoms with Crippen LogP contribution in [0, 0.1) is 0 Å². The van der Waals surface area contributed by atoms with Crippen LogP contribution in [0.4, 0.5) is 0 Å². The lowest BCUT2D eigenvalue weighted by Gasteiger charge is -2.43. The van der Waals surface area contributed by atoms with Crippen molar-refractivity contribution >= 4 is 0 Å². The first-order valence-corrected chi connectivity index (χ1v) is 6.05. The molecule has 0 spiro atoms. The van der Waals surface area contributed by atoms with Crippen molar-refractivity contribution in [3.63, 3.8) is 0 Å². The van der Waals surface area contributed by atoms with E-state index in [-0.39, 0.29) is 12.7 Å². The van der Waals surface area contributed by atoms with Gasteiger partial charge in [-0.25, -0.2) is 0 Å². The van der Waals surface area contributed by atoms with Gasteiger partial charge in [-0.2, -0.15) is 0 Å². The molecule has 2 saturated heterocycles. The van der Waals surface area contributed by atoms with Crippen LogP contribution in [0.15, 0.2) is 30.3 Å². The highest BCUT2D eigenvalue weighted by molar-refractivity contribution is 5.16. The Hall–Kier alpha value is -0.980. The van der Waals surface area contributed by atoms with Gasteiger partial charge in [-0.15, -0.1) is 0 Å². The van der Waals surface area contributed by atoms with Crippen molar-refractivity contribution < 1.29 is 24.4 Å². The van der Waals surface area contributed by atoms with Crippen LogP contribution >= 0.6 is 0 Å². The molecule has 2 fully saturated rings. The average molecular weight is 252 g/mol. The zero-order valence-corrected chi connectivity index (χ0v) is 9.81. The molecule has 0 aromatic heterocycles. The molecule has 3 rings (SSSR count). The summed E-state index contributed by atoms with van der Waals surface area (Å²) in [7, 11) is 0. The van der Waals surface area contributed by atoms with Crippen molar-refractivity contribution in [1.82, 2.24) is 0 Å². The fourth-order valence-electron chi connectivity index (χ4n) is 2.31. The second-order valence-corrected chi connectivity index (χ2v) is 4.61. The van der Waals surface area contributed by atoms with Crippen LogP contribution in [0.3, 0.4) is 0 Å². The average Bonchev–Trinajstić information content (AvgIpc) is 2.44. The number of hydrogen-bond acceptors (Lipinski definition) is 5. The minimum absolute atomic E-state index is 0.116. The number of aliphatic hydroxyl groups excluding tert-OH is 2. The second-order valence-electron chi connectivity index (χ2n) is 4.61. The van der Waals surface area contributed by atoms with E-state index in [1.807, 2.05) is 30.3 Å². The highest BCUT2D eigenvalue weighted by atomic mass is 16.7. The van der Waals surface area contributed by atoms with E-state index < -0.39 is 24.6 Å². The van der Waals surface area contributed by atoms with Crippen molar-refractivity contribution in [3.05, 3.63) is 35.9 Å². The minimum Gasteiger partial charge on any atom is -0.388 e. The van der Waals surface area contributed by atoms with Crippen LogP contribution in [0.2, 0.25) is 0 Å². The molecule has 2 aliphatic heterocycles. The van der Waals surface area contributed by atoms with Gasteiger partial charge in [-0.1, -0.05) is 30.3 Å². The Morgan fingerprint density at radius 2 is 1.78 bits per heavy atom. The third kappa shape index (κ3) is 2.15. The quantitative estimate of drug-likeness (QED) is 0.748. The van der Waals surface area contributed by atoms with E-state index >= 15 is 0 Å². The van der Waals surface area contributed by atoms with Crippen LogP contribution < -0.4 is 0 Å². The minimum atomic E-state index is -0.932. The van der Waals surface area contributed by atoms with Crippen LogP contribution in [0.5, 0.6) is 0 Å². The van der Waals surface area contributed by atoms with E-state index in [2.05, 4.69) is 0 Å². The van der Waals surface area contributed by atoms with Crippen molar-refractivity contribution in [1.29, 1.82) is 0 Å². The van der Waals surface area contributed by atoms with Crippen LogP contribution in [0.25, 0.3) is 0 Å². The van der Waals surface area contributed by atoms with Gasteiger partial charge >= 0.3 is 0 Å². The Bertz CT molecular complexity index is 394. The normalized spacial score (nSPS) is 40.2. The molecule has 1 aromatic carbocycles. The van der Waals surface area contributed by atoms with Crippen LogP contribution in [-0.4, -0.2) is 47.8 Å². The summed E-state index contributed by atoms with van der Waals surface area (Å²) in [5.41, 5.74) is 0.892. The number of fused-ring (bicyclic) bond motifs is 1. The van der Waals surface area contributed by atoms with E-state index in [1.54, 1.807) is 0 Å². The summed E-state index contributed by atoms with van der Waals surface area (Å²) < 4.78 is 16.7. The van der Waals surface area contributed by atoms with Gasteiger partial charge in [0, 0.05) is 5.56 Å². The standard InChI is InChI=1S/C13H16O5/c14-9-6-16-10-7-17-13(18-12(10)11(9)15)8-4-2-1-3-5-8/h1-5,9-15H,6-7H2/t9-,10+,11+,12+,13?/m0/s1. The molecule has 0 aliphatic carbocycles. The molecule has 5 atom stereocenters. The zero-order chi connectivity index (χ0) is 12.5. The Balaban J connectivity index is 1.75. The zero-order valence-electron chi connectivity index (χ0n) is 9.81. The van der Waals surface area contributed by atoms with E-state index in [1.165, 1.54) is 0 Å². The molecule has 2 aliphatic rings. The van der Waals surface area contributed by atoms with Crippen molar-refractivity contribution in [2.75, 3.05) is 13.2 Å². The first-order valence-electron chi connectivity index (χ1n) is 6.05. The maximum absolute atomic E-state index is 9.93. The summed E-state index contributed by atoms with van der Waals surface area (Å²) in [5, 5.41) is 19.5. The van der Waals surface area contributed by atoms with Gasteiger partial charge in [0.25, 0.3) is 0 Å². The third-order valence-electron chi connectivity index (χ3n) is 3.34. The molecule has 0 bridgehead atoms. The van der Waals surface area contributed by atoms with Crippen LogP contribution in [-0.2, 0) is 14.2 Å². The number of aliphatic hydroxyl groups is 2. The van der Waals surface area contributed by atoms with Gasteiger partial charge in [0.2, 0.25) is 0 Å². The van der Waals surface area contributed by atoms with Crippen molar-refractivity contribution in [3.8, 4) is 0 Å².